The van der Waals surface area contributed by atoms with E-state index < -0.39 is 0 Å². The van der Waals surface area contributed by atoms with Crippen molar-refractivity contribution in [1.29, 1.82) is 0 Å². The number of rotatable bonds is 4. The maximum atomic E-state index is 13.5. The predicted octanol–water partition coefficient (Wildman–Crippen LogP) is 5.65. The highest BCUT2D eigenvalue weighted by atomic mass is 16.2. The molecule has 1 N–H and O–H groups in total. The van der Waals surface area contributed by atoms with E-state index in [-0.39, 0.29) is 11.7 Å². The van der Waals surface area contributed by atoms with Gasteiger partial charge in [-0.15, -0.1) is 5.10 Å². The van der Waals surface area contributed by atoms with Crippen LogP contribution in [0.1, 0.15) is 28.3 Å². The zero-order valence-electron chi connectivity index (χ0n) is 19.5. The fourth-order valence-corrected chi connectivity index (χ4v) is 4.84. The second kappa shape index (κ2) is 8.72. The first-order valence-electron chi connectivity index (χ1n) is 11.8. The summed E-state index contributed by atoms with van der Waals surface area (Å²) in [7, 11) is 0. The molecule has 172 valence electrons. The van der Waals surface area contributed by atoms with Gasteiger partial charge in [0, 0.05) is 40.8 Å². The molecular formula is C29H25N5O. The van der Waals surface area contributed by atoms with E-state index in [1.807, 2.05) is 71.6 Å². The molecule has 3 heterocycles. The van der Waals surface area contributed by atoms with Crippen LogP contribution in [0.15, 0.2) is 91.0 Å². The Morgan fingerprint density at radius 1 is 0.914 bits per heavy atom. The lowest BCUT2D eigenvalue weighted by Crippen LogP contribution is -2.35. The molecular weight excluding hydrogens is 434 g/mol. The summed E-state index contributed by atoms with van der Waals surface area (Å²) >= 11 is 0. The number of aromatic amines is 1. The summed E-state index contributed by atoms with van der Waals surface area (Å²) in [6, 6.07) is 28.0. The van der Waals surface area contributed by atoms with Gasteiger partial charge in [0.05, 0.1) is 5.69 Å². The molecule has 6 nitrogen and oxygen atoms in total. The summed E-state index contributed by atoms with van der Waals surface area (Å²) in [6.45, 7) is 3.27. The standard InChI is InChI=1S/C29H25N5O/c1-20-26(24-14-8-9-15-25(24)30-20)21-16-18-33(19-17-21)29(35)27-31-28(22-10-4-2-5-11-22)34(32-27)23-12-6-3-7-13-23/h2-16,30H,17-19H2,1H3. The van der Waals surface area contributed by atoms with Crippen LogP contribution in [0, 0.1) is 6.92 Å². The minimum Gasteiger partial charge on any atom is -0.358 e. The molecule has 1 amide bonds. The Morgan fingerprint density at radius 2 is 1.63 bits per heavy atom. The average Bonchev–Trinajstić information content (AvgIpc) is 3.50. The predicted molar refractivity (Wildman–Crippen MR) is 138 cm³/mol. The number of hydrogen-bond acceptors (Lipinski definition) is 3. The number of aromatic nitrogens is 4. The smallest absolute Gasteiger partial charge is 0.293 e. The zero-order chi connectivity index (χ0) is 23.8. The van der Waals surface area contributed by atoms with Crippen LogP contribution in [0.5, 0.6) is 0 Å². The minimum absolute atomic E-state index is 0.150. The van der Waals surface area contributed by atoms with Gasteiger partial charge in [-0.3, -0.25) is 4.79 Å². The van der Waals surface area contributed by atoms with Crippen LogP contribution in [0.3, 0.4) is 0 Å². The third kappa shape index (κ3) is 3.83. The van der Waals surface area contributed by atoms with Crippen molar-refractivity contribution in [2.24, 2.45) is 0 Å². The Morgan fingerprint density at radius 3 is 2.37 bits per heavy atom. The first-order chi connectivity index (χ1) is 17.2. The van der Waals surface area contributed by atoms with Gasteiger partial charge in [0.2, 0.25) is 5.82 Å². The number of amides is 1. The molecule has 6 heteroatoms. The Balaban J connectivity index is 1.31. The van der Waals surface area contributed by atoms with Crippen molar-refractivity contribution in [3.63, 3.8) is 0 Å². The number of carbonyl (C=O) groups excluding carboxylic acids is 1. The van der Waals surface area contributed by atoms with Gasteiger partial charge in [-0.2, -0.15) is 0 Å². The van der Waals surface area contributed by atoms with E-state index in [2.05, 4.69) is 41.3 Å². The van der Waals surface area contributed by atoms with E-state index in [0.717, 1.165) is 28.9 Å². The first kappa shape index (κ1) is 21.1. The van der Waals surface area contributed by atoms with Gasteiger partial charge < -0.3 is 9.88 Å². The molecule has 1 aliphatic rings. The summed E-state index contributed by atoms with van der Waals surface area (Å²) in [4.78, 5) is 23.5. The van der Waals surface area contributed by atoms with Crippen molar-refractivity contribution < 1.29 is 4.79 Å². The number of H-pyrrole nitrogens is 1. The van der Waals surface area contributed by atoms with E-state index in [1.54, 1.807) is 4.68 Å². The Bertz CT molecular complexity index is 1490. The quantitative estimate of drug-likeness (QED) is 0.377. The van der Waals surface area contributed by atoms with Crippen molar-refractivity contribution in [1.82, 2.24) is 24.6 Å². The molecule has 0 unspecified atom stereocenters. The Hall–Kier alpha value is -4.45. The number of carbonyl (C=O) groups is 1. The maximum absolute atomic E-state index is 13.5. The van der Waals surface area contributed by atoms with E-state index in [1.165, 1.54) is 16.5 Å². The van der Waals surface area contributed by atoms with Crippen LogP contribution >= 0.6 is 0 Å². The van der Waals surface area contributed by atoms with E-state index in [4.69, 9.17) is 4.98 Å². The molecule has 0 radical (unpaired) electrons. The molecule has 0 atom stereocenters. The summed E-state index contributed by atoms with van der Waals surface area (Å²) in [5, 5.41) is 5.87. The Kier molecular flexibility index (Phi) is 5.26. The number of fused-ring (bicyclic) bond motifs is 1. The number of benzene rings is 3. The molecule has 0 spiro atoms. The van der Waals surface area contributed by atoms with E-state index >= 15 is 0 Å². The molecule has 0 fully saturated rings. The van der Waals surface area contributed by atoms with Crippen molar-refractivity contribution in [3.8, 4) is 17.1 Å². The van der Waals surface area contributed by atoms with Crippen LogP contribution < -0.4 is 0 Å². The van der Waals surface area contributed by atoms with Crippen molar-refractivity contribution in [2.75, 3.05) is 13.1 Å². The lowest BCUT2D eigenvalue weighted by molar-refractivity contribution is 0.0761. The number of nitrogens with one attached hydrogen (secondary N) is 1. The van der Waals surface area contributed by atoms with Gasteiger partial charge in [0.25, 0.3) is 5.91 Å². The van der Waals surface area contributed by atoms with Crippen LogP contribution in [-0.4, -0.2) is 43.6 Å². The third-order valence-corrected chi connectivity index (χ3v) is 6.54. The van der Waals surface area contributed by atoms with Gasteiger partial charge in [0.15, 0.2) is 5.82 Å². The SMILES string of the molecule is Cc1[nH]c2ccccc2c1C1=CCN(C(=O)c2nc(-c3ccccc3)n(-c3ccccc3)n2)CC1. The molecule has 0 saturated heterocycles. The molecule has 0 saturated carbocycles. The largest absolute Gasteiger partial charge is 0.358 e. The van der Waals surface area contributed by atoms with E-state index in [0.29, 0.717) is 18.9 Å². The Labute approximate surface area is 203 Å². The monoisotopic (exact) mass is 459 g/mol. The van der Waals surface area contributed by atoms with Crippen LogP contribution in [0.2, 0.25) is 0 Å². The highest BCUT2D eigenvalue weighted by Gasteiger charge is 2.26. The van der Waals surface area contributed by atoms with Gasteiger partial charge in [-0.1, -0.05) is 72.8 Å². The molecule has 6 rings (SSSR count). The number of nitrogens with zero attached hydrogens (tertiary/aromatic N) is 4. The second-order valence-electron chi connectivity index (χ2n) is 8.77. The number of aryl methyl sites for hydroxylation is 1. The summed E-state index contributed by atoms with van der Waals surface area (Å²) < 4.78 is 1.75. The van der Waals surface area contributed by atoms with Gasteiger partial charge in [0.1, 0.15) is 0 Å². The molecule has 1 aliphatic heterocycles. The fraction of sp³-hybridized carbons (Fsp3) is 0.138. The van der Waals surface area contributed by atoms with Crippen molar-refractivity contribution >= 4 is 22.4 Å². The average molecular weight is 460 g/mol. The number of hydrogen-bond donors (Lipinski definition) is 1. The topological polar surface area (TPSA) is 66.8 Å². The van der Waals surface area contributed by atoms with Gasteiger partial charge in [-0.25, -0.2) is 9.67 Å². The van der Waals surface area contributed by atoms with Crippen LogP contribution in [0.4, 0.5) is 0 Å². The van der Waals surface area contributed by atoms with Crippen molar-refractivity contribution in [2.45, 2.75) is 13.3 Å². The summed E-state index contributed by atoms with van der Waals surface area (Å²) in [5.74, 6) is 0.721. The van der Waals surface area contributed by atoms with Crippen LogP contribution in [0.25, 0.3) is 33.6 Å². The van der Waals surface area contributed by atoms with Crippen molar-refractivity contribution in [3.05, 3.63) is 108 Å². The molecule has 0 aliphatic carbocycles. The lowest BCUT2D eigenvalue weighted by Gasteiger charge is -2.25. The molecule has 0 bridgehead atoms. The number of para-hydroxylation sites is 2. The zero-order valence-corrected chi connectivity index (χ0v) is 19.5. The summed E-state index contributed by atoms with van der Waals surface area (Å²) in [5.41, 5.74) is 6.62. The first-order valence-corrected chi connectivity index (χ1v) is 11.8. The highest BCUT2D eigenvalue weighted by molar-refractivity contribution is 5.96. The molecule has 5 aromatic rings. The fourth-order valence-electron chi connectivity index (χ4n) is 4.84. The second-order valence-corrected chi connectivity index (χ2v) is 8.77. The molecule has 35 heavy (non-hydrogen) atoms. The molecule has 3 aromatic carbocycles. The lowest BCUT2D eigenvalue weighted by atomic mass is 9.96. The normalized spacial score (nSPS) is 13.7. The maximum Gasteiger partial charge on any atom is 0.293 e. The highest BCUT2D eigenvalue weighted by Crippen LogP contribution is 2.32. The van der Waals surface area contributed by atoms with Gasteiger partial charge >= 0.3 is 0 Å². The minimum atomic E-state index is -0.150. The third-order valence-electron chi connectivity index (χ3n) is 6.54. The summed E-state index contributed by atoms with van der Waals surface area (Å²) in [6.07, 6.45) is 2.95. The van der Waals surface area contributed by atoms with E-state index in [9.17, 15) is 4.79 Å². The molecule has 2 aromatic heterocycles. The van der Waals surface area contributed by atoms with Gasteiger partial charge in [-0.05, 0) is 37.1 Å². The van der Waals surface area contributed by atoms with Crippen LogP contribution in [-0.2, 0) is 0 Å².